The van der Waals surface area contributed by atoms with Crippen LogP contribution in [0.3, 0.4) is 0 Å². The highest BCUT2D eigenvalue weighted by Gasteiger charge is 2.00. The van der Waals surface area contributed by atoms with Crippen molar-refractivity contribution in [3.8, 4) is 0 Å². The average molecular weight is 255 g/mol. The Hall–Kier alpha value is -1.76. The molecule has 0 spiro atoms. The second-order valence-electron chi connectivity index (χ2n) is 5.28. The van der Waals surface area contributed by atoms with E-state index in [-0.39, 0.29) is 0 Å². The van der Waals surface area contributed by atoms with Crippen LogP contribution in [-0.4, -0.2) is 7.05 Å². The fourth-order valence-corrected chi connectivity index (χ4v) is 2.06. The maximum absolute atomic E-state index is 4.16. The van der Waals surface area contributed by atoms with E-state index < -0.39 is 0 Å². The van der Waals surface area contributed by atoms with Crippen molar-refractivity contribution in [2.75, 3.05) is 7.05 Å². The molecule has 0 atom stereocenters. The molecule has 0 unspecified atom stereocenters. The second kappa shape index (κ2) is 7.63. The van der Waals surface area contributed by atoms with E-state index in [9.17, 15) is 0 Å². The summed E-state index contributed by atoms with van der Waals surface area (Å²) < 4.78 is 0. The third-order valence-corrected chi connectivity index (χ3v) is 2.96. The number of allylic oxidation sites excluding steroid dienone is 4. The van der Waals surface area contributed by atoms with Gasteiger partial charge in [-0.15, -0.1) is 0 Å². The normalized spacial score (nSPS) is 12.2. The van der Waals surface area contributed by atoms with Crippen molar-refractivity contribution in [1.29, 1.82) is 0 Å². The van der Waals surface area contributed by atoms with Gasteiger partial charge in [0.15, 0.2) is 0 Å². The molecule has 0 heterocycles. The monoisotopic (exact) mass is 255 g/mol. The fourth-order valence-electron chi connectivity index (χ4n) is 2.06. The zero-order chi connectivity index (χ0) is 14.3. The molecule has 0 fully saturated rings. The lowest BCUT2D eigenvalue weighted by molar-refractivity contribution is 0.647. The molecular weight excluding hydrogens is 230 g/mol. The van der Waals surface area contributed by atoms with Crippen LogP contribution in [0.25, 0.3) is 5.57 Å². The number of hydrogen-bond acceptors (Lipinski definition) is 1. The van der Waals surface area contributed by atoms with Gasteiger partial charge in [-0.25, -0.2) is 0 Å². The van der Waals surface area contributed by atoms with Gasteiger partial charge in [-0.2, -0.15) is 0 Å². The molecule has 0 aromatic heterocycles. The Labute approximate surface area is 117 Å². The molecule has 1 aromatic carbocycles. The molecule has 1 heteroatoms. The number of nitrogens with one attached hydrogen (secondary N) is 1. The van der Waals surface area contributed by atoms with E-state index in [4.69, 9.17) is 0 Å². The van der Waals surface area contributed by atoms with Gasteiger partial charge in [-0.1, -0.05) is 56.8 Å². The minimum Gasteiger partial charge on any atom is -0.394 e. The van der Waals surface area contributed by atoms with E-state index in [1.165, 1.54) is 16.7 Å². The Bertz CT molecular complexity index is 478. The van der Waals surface area contributed by atoms with Crippen LogP contribution < -0.4 is 5.32 Å². The number of benzene rings is 1. The van der Waals surface area contributed by atoms with Crippen molar-refractivity contribution < 1.29 is 0 Å². The van der Waals surface area contributed by atoms with Gasteiger partial charge in [0.1, 0.15) is 0 Å². The van der Waals surface area contributed by atoms with Crippen LogP contribution in [0.15, 0.2) is 54.8 Å². The van der Waals surface area contributed by atoms with Gasteiger partial charge < -0.3 is 5.32 Å². The lowest BCUT2D eigenvalue weighted by Crippen LogP contribution is -1.98. The molecule has 0 bridgehead atoms. The molecule has 0 radical (unpaired) electrons. The molecule has 0 saturated heterocycles. The maximum atomic E-state index is 4.16. The van der Waals surface area contributed by atoms with Crippen molar-refractivity contribution in [1.82, 2.24) is 5.32 Å². The molecule has 1 rings (SSSR count). The molecule has 0 amide bonds. The fraction of sp³-hybridized carbons (Fsp3) is 0.333. The predicted molar refractivity (Wildman–Crippen MR) is 86.0 cm³/mol. The highest BCUT2D eigenvalue weighted by atomic mass is 14.8. The standard InChI is InChI=1S/C18H25N/c1-14(2)12-17(13-19-5)11-10-16(4)18-9-7-6-8-15(18)3/h6-11,13-14,19H,4,12H2,1-3,5H3/b11-10-,17-13+. The van der Waals surface area contributed by atoms with Crippen LogP contribution in [0.1, 0.15) is 31.4 Å². The Morgan fingerprint density at radius 1 is 1.26 bits per heavy atom. The van der Waals surface area contributed by atoms with Gasteiger partial charge >= 0.3 is 0 Å². The second-order valence-corrected chi connectivity index (χ2v) is 5.28. The first-order valence-electron chi connectivity index (χ1n) is 6.84. The third-order valence-electron chi connectivity index (χ3n) is 2.96. The molecule has 102 valence electrons. The van der Waals surface area contributed by atoms with E-state index in [0.717, 1.165) is 12.0 Å². The van der Waals surface area contributed by atoms with E-state index >= 15 is 0 Å². The summed E-state index contributed by atoms with van der Waals surface area (Å²) in [6.07, 6.45) is 7.39. The molecule has 0 saturated carbocycles. The van der Waals surface area contributed by atoms with Gasteiger partial charge in [0.25, 0.3) is 0 Å². The zero-order valence-electron chi connectivity index (χ0n) is 12.5. The van der Waals surface area contributed by atoms with E-state index in [1.807, 2.05) is 7.05 Å². The van der Waals surface area contributed by atoms with Gasteiger partial charge in [-0.3, -0.25) is 0 Å². The molecular formula is C18H25N. The van der Waals surface area contributed by atoms with Crippen LogP contribution in [0.4, 0.5) is 0 Å². The van der Waals surface area contributed by atoms with Crippen LogP contribution >= 0.6 is 0 Å². The van der Waals surface area contributed by atoms with Crippen molar-refractivity contribution >= 4 is 5.57 Å². The Balaban J connectivity index is 2.82. The Morgan fingerprint density at radius 2 is 1.95 bits per heavy atom. The molecule has 0 aliphatic heterocycles. The van der Waals surface area contributed by atoms with Gasteiger partial charge in [0, 0.05) is 7.05 Å². The first-order chi connectivity index (χ1) is 9.04. The molecule has 1 N–H and O–H groups in total. The van der Waals surface area contributed by atoms with Gasteiger partial charge in [0.2, 0.25) is 0 Å². The summed E-state index contributed by atoms with van der Waals surface area (Å²) in [6.45, 7) is 10.7. The zero-order valence-corrected chi connectivity index (χ0v) is 12.5. The number of hydrogen-bond donors (Lipinski definition) is 1. The lowest BCUT2D eigenvalue weighted by atomic mass is 9.99. The predicted octanol–water partition coefficient (Wildman–Crippen LogP) is 4.71. The number of aryl methyl sites for hydroxylation is 1. The summed E-state index contributed by atoms with van der Waals surface area (Å²) in [4.78, 5) is 0. The van der Waals surface area contributed by atoms with Crippen LogP contribution in [0.2, 0.25) is 0 Å². The highest BCUT2D eigenvalue weighted by Crippen LogP contribution is 2.19. The minimum atomic E-state index is 0.649. The maximum Gasteiger partial charge on any atom is 0.00278 e. The van der Waals surface area contributed by atoms with Crippen molar-refractivity contribution in [3.63, 3.8) is 0 Å². The highest BCUT2D eigenvalue weighted by molar-refractivity contribution is 5.74. The number of rotatable bonds is 6. The Morgan fingerprint density at radius 3 is 2.53 bits per heavy atom. The van der Waals surface area contributed by atoms with E-state index in [2.05, 4.69) is 75.3 Å². The summed E-state index contributed by atoms with van der Waals surface area (Å²) >= 11 is 0. The molecule has 0 aliphatic carbocycles. The minimum absolute atomic E-state index is 0.649. The van der Waals surface area contributed by atoms with E-state index in [0.29, 0.717) is 5.92 Å². The first kappa shape index (κ1) is 15.3. The summed E-state index contributed by atoms with van der Waals surface area (Å²) in [5, 5.41) is 3.11. The van der Waals surface area contributed by atoms with Crippen molar-refractivity contribution in [3.05, 3.63) is 65.9 Å². The first-order valence-corrected chi connectivity index (χ1v) is 6.84. The smallest absolute Gasteiger partial charge is 0.00278 e. The molecule has 0 aliphatic rings. The van der Waals surface area contributed by atoms with Crippen molar-refractivity contribution in [2.24, 2.45) is 5.92 Å². The molecule has 19 heavy (non-hydrogen) atoms. The largest absolute Gasteiger partial charge is 0.394 e. The summed E-state index contributed by atoms with van der Waals surface area (Å²) in [6, 6.07) is 8.35. The van der Waals surface area contributed by atoms with Gasteiger partial charge in [0.05, 0.1) is 0 Å². The quantitative estimate of drug-likeness (QED) is 0.726. The summed E-state index contributed by atoms with van der Waals surface area (Å²) in [5.41, 5.74) is 4.84. The summed E-state index contributed by atoms with van der Waals surface area (Å²) in [7, 11) is 1.93. The lowest BCUT2D eigenvalue weighted by Gasteiger charge is -2.08. The van der Waals surface area contributed by atoms with Crippen molar-refractivity contribution in [2.45, 2.75) is 27.2 Å². The Kier molecular flexibility index (Phi) is 6.14. The van der Waals surface area contributed by atoms with E-state index in [1.54, 1.807) is 0 Å². The van der Waals surface area contributed by atoms with Gasteiger partial charge in [-0.05, 0) is 47.7 Å². The van der Waals surface area contributed by atoms with Crippen LogP contribution in [0.5, 0.6) is 0 Å². The summed E-state index contributed by atoms with van der Waals surface area (Å²) in [5.74, 6) is 0.649. The molecule has 1 nitrogen and oxygen atoms in total. The SMILES string of the molecule is C=C(/C=C\C(=C/NC)CC(C)C)c1ccccc1C. The molecule has 1 aromatic rings. The average Bonchev–Trinajstić information content (AvgIpc) is 2.36. The topological polar surface area (TPSA) is 12.0 Å². The van der Waals surface area contributed by atoms with Crippen LogP contribution in [-0.2, 0) is 0 Å². The third kappa shape index (κ3) is 5.17. The van der Waals surface area contributed by atoms with Crippen LogP contribution in [0, 0.1) is 12.8 Å².